The van der Waals surface area contributed by atoms with E-state index in [9.17, 15) is 4.79 Å². The van der Waals surface area contributed by atoms with Crippen molar-refractivity contribution >= 4 is 5.97 Å². The van der Waals surface area contributed by atoms with Crippen LogP contribution >= 0.6 is 0 Å². The van der Waals surface area contributed by atoms with Crippen LogP contribution in [0.5, 0.6) is 11.5 Å². The van der Waals surface area contributed by atoms with Gasteiger partial charge in [0.05, 0.1) is 31.1 Å². The predicted molar refractivity (Wildman–Crippen MR) is 89.3 cm³/mol. The van der Waals surface area contributed by atoms with E-state index in [-0.39, 0.29) is 0 Å². The average Bonchev–Trinajstić information content (AvgIpc) is 3.15. The summed E-state index contributed by atoms with van der Waals surface area (Å²) in [4.78, 5) is 10.6. The van der Waals surface area contributed by atoms with E-state index >= 15 is 0 Å². The Kier molecular flexibility index (Phi) is 5.66. The smallest absolute Gasteiger partial charge is 0.331 e. The molecular weight excluding hydrogens is 324 g/mol. The van der Waals surface area contributed by atoms with Crippen LogP contribution < -0.4 is 9.47 Å². The molecule has 0 bridgehead atoms. The van der Waals surface area contributed by atoms with Crippen LogP contribution in [0.15, 0.2) is 60.9 Å². The monoisotopic (exact) mass is 342 g/mol. The Morgan fingerprint density at radius 1 is 1.08 bits per heavy atom. The van der Waals surface area contributed by atoms with Crippen molar-refractivity contribution in [1.29, 1.82) is 0 Å². The first kappa shape index (κ1) is 17.0. The molecule has 3 rings (SSSR count). The quantitative estimate of drug-likeness (QED) is 0.615. The van der Waals surface area contributed by atoms with Crippen LogP contribution in [0.4, 0.5) is 0 Å². The van der Waals surface area contributed by atoms with Gasteiger partial charge in [-0.3, -0.25) is 0 Å². The van der Waals surface area contributed by atoms with Crippen LogP contribution in [-0.2, 0) is 20.9 Å². The zero-order valence-electron chi connectivity index (χ0n) is 13.5. The fourth-order valence-corrected chi connectivity index (χ4v) is 2.41. The lowest BCUT2D eigenvalue weighted by atomic mass is 10.1. The minimum Gasteiger partial charge on any atom is -0.488 e. The summed E-state index contributed by atoms with van der Waals surface area (Å²) < 4.78 is 22.5. The molecule has 1 N–H and O–H groups in total. The van der Waals surface area contributed by atoms with E-state index in [1.54, 1.807) is 18.2 Å². The Morgan fingerprint density at radius 3 is 2.52 bits per heavy atom. The molecule has 2 aromatic rings. The molecule has 2 aromatic carbocycles. The molecule has 0 unspecified atom stereocenters. The Balaban J connectivity index is 1.83. The Labute approximate surface area is 145 Å². The van der Waals surface area contributed by atoms with Gasteiger partial charge in [0.25, 0.3) is 0 Å². The minimum absolute atomic E-state index is 0.384. The number of ether oxygens (including phenoxy) is 4. The molecule has 6 heteroatoms. The van der Waals surface area contributed by atoms with Crippen molar-refractivity contribution in [3.63, 3.8) is 0 Å². The molecule has 1 saturated heterocycles. The van der Waals surface area contributed by atoms with Gasteiger partial charge >= 0.3 is 5.97 Å². The number of carboxylic acid groups (broad SMARTS) is 1. The van der Waals surface area contributed by atoms with Crippen LogP contribution in [0.1, 0.15) is 17.4 Å². The Hall–Kier alpha value is -2.83. The third kappa shape index (κ3) is 4.59. The first-order chi connectivity index (χ1) is 12.2. The van der Waals surface area contributed by atoms with Crippen LogP contribution in [0.3, 0.4) is 0 Å². The summed E-state index contributed by atoms with van der Waals surface area (Å²) in [5.41, 5.74) is 1.63. The van der Waals surface area contributed by atoms with Gasteiger partial charge in [-0.25, -0.2) is 4.79 Å². The summed E-state index contributed by atoms with van der Waals surface area (Å²) in [5.74, 6) is -0.0988. The highest BCUT2D eigenvalue weighted by Gasteiger charge is 2.26. The maximum absolute atomic E-state index is 10.6. The van der Waals surface area contributed by atoms with Gasteiger partial charge in [0.2, 0.25) is 0 Å². The van der Waals surface area contributed by atoms with Gasteiger partial charge in [-0.2, -0.15) is 0 Å². The molecule has 0 aliphatic carbocycles. The molecule has 1 aliphatic heterocycles. The van der Waals surface area contributed by atoms with Crippen LogP contribution in [0.2, 0.25) is 0 Å². The number of carbonyl (C=O) groups is 1. The molecule has 1 fully saturated rings. The van der Waals surface area contributed by atoms with Gasteiger partial charge in [0, 0.05) is 0 Å². The topological polar surface area (TPSA) is 74.2 Å². The highest BCUT2D eigenvalue weighted by Crippen LogP contribution is 2.38. The fourth-order valence-electron chi connectivity index (χ4n) is 2.41. The van der Waals surface area contributed by atoms with Gasteiger partial charge in [-0.05, 0) is 17.7 Å². The predicted octanol–water partition coefficient (Wildman–Crippen LogP) is 3.29. The first-order valence-electron chi connectivity index (χ1n) is 7.83. The highest BCUT2D eigenvalue weighted by atomic mass is 16.7. The van der Waals surface area contributed by atoms with Crippen molar-refractivity contribution < 1.29 is 28.8 Å². The molecule has 0 aromatic heterocycles. The van der Waals surface area contributed by atoms with E-state index in [1.807, 2.05) is 30.3 Å². The summed E-state index contributed by atoms with van der Waals surface area (Å²) in [6, 6.07) is 15.1. The lowest BCUT2D eigenvalue weighted by Gasteiger charge is -2.18. The highest BCUT2D eigenvalue weighted by molar-refractivity contribution is 5.79. The van der Waals surface area contributed by atoms with E-state index < -0.39 is 12.3 Å². The van der Waals surface area contributed by atoms with Gasteiger partial charge in [-0.15, -0.1) is 0 Å². The number of benzene rings is 2. The van der Waals surface area contributed by atoms with Crippen molar-refractivity contribution in [2.24, 2.45) is 0 Å². The summed E-state index contributed by atoms with van der Waals surface area (Å²) >= 11 is 0. The maximum atomic E-state index is 10.6. The van der Waals surface area contributed by atoms with Crippen molar-refractivity contribution in [1.82, 2.24) is 0 Å². The standard InChI is InChI=1S/C19H18O6/c20-17(21)9-10-22-15-7-4-8-16(18(15)19-23-11-12-24-19)25-13-14-5-2-1-3-6-14/h1-10,19H,11-13H2,(H,20,21)/b10-9+. The third-order valence-corrected chi connectivity index (χ3v) is 3.53. The molecule has 1 heterocycles. The number of carboxylic acids is 1. The average molecular weight is 342 g/mol. The van der Waals surface area contributed by atoms with E-state index in [0.717, 1.165) is 17.9 Å². The third-order valence-electron chi connectivity index (χ3n) is 3.53. The fraction of sp³-hybridized carbons (Fsp3) is 0.211. The molecular formula is C19H18O6. The number of aliphatic carboxylic acids is 1. The second-order valence-corrected chi connectivity index (χ2v) is 5.27. The molecule has 0 saturated carbocycles. The van der Waals surface area contributed by atoms with Crippen molar-refractivity contribution in [3.05, 3.63) is 72.0 Å². The molecule has 130 valence electrons. The largest absolute Gasteiger partial charge is 0.488 e. The summed E-state index contributed by atoms with van der Waals surface area (Å²) in [5, 5.41) is 8.70. The Bertz CT molecular complexity index is 735. The van der Waals surface area contributed by atoms with E-state index in [2.05, 4.69) is 0 Å². The normalized spacial score (nSPS) is 14.7. The first-order valence-corrected chi connectivity index (χ1v) is 7.83. The van der Waals surface area contributed by atoms with E-state index in [1.165, 1.54) is 0 Å². The van der Waals surface area contributed by atoms with Crippen molar-refractivity contribution in [2.75, 3.05) is 13.2 Å². The van der Waals surface area contributed by atoms with E-state index in [4.69, 9.17) is 24.1 Å². The molecule has 6 nitrogen and oxygen atoms in total. The SMILES string of the molecule is O=C(O)/C=C/Oc1cccc(OCc2ccccc2)c1C1OCCO1. The summed E-state index contributed by atoms with van der Waals surface area (Å²) in [6.45, 7) is 1.33. The number of hydrogen-bond acceptors (Lipinski definition) is 5. The van der Waals surface area contributed by atoms with Crippen LogP contribution in [0.25, 0.3) is 0 Å². The maximum Gasteiger partial charge on any atom is 0.331 e. The number of rotatable bonds is 7. The van der Waals surface area contributed by atoms with E-state index in [0.29, 0.717) is 36.9 Å². The lowest BCUT2D eigenvalue weighted by molar-refractivity contribution is -0.131. The Morgan fingerprint density at radius 2 is 1.80 bits per heavy atom. The van der Waals surface area contributed by atoms with Crippen molar-refractivity contribution in [3.8, 4) is 11.5 Å². The lowest BCUT2D eigenvalue weighted by Crippen LogP contribution is -2.06. The van der Waals surface area contributed by atoms with Gasteiger partial charge < -0.3 is 24.1 Å². The zero-order valence-corrected chi connectivity index (χ0v) is 13.5. The summed E-state index contributed by atoms with van der Waals surface area (Å²) in [6.07, 6.45) is 1.41. The van der Waals surface area contributed by atoms with Crippen molar-refractivity contribution in [2.45, 2.75) is 12.9 Å². The zero-order chi connectivity index (χ0) is 17.5. The second-order valence-electron chi connectivity index (χ2n) is 5.27. The molecule has 0 amide bonds. The van der Waals surface area contributed by atoms with Gasteiger partial charge in [0.1, 0.15) is 18.1 Å². The second kappa shape index (κ2) is 8.32. The number of hydrogen-bond donors (Lipinski definition) is 1. The summed E-state index contributed by atoms with van der Waals surface area (Å²) in [7, 11) is 0. The van der Waals surface area contributed by atoms with Crippen LogP contribution in [0, 0.1) is 0 Å². The van der Waals surface area contributed by atoms with Gasteiger partial charge in [-0.1, -0.05) is 36.4 Å². The van der Waals surface area contributed by atoms with Gasteiger partial charge in [0.15, 0.2) is 6.29 Å². The molecule has 1 aliphatic rings. The molecule has 25 heavy (non-hydrogen) atoms. The molecule has 0 atom stereocenters. The molecule has 0 spiro atoms. The molecule has 0 radical (unpaired) electrons. The minimum atomic E-state index is -1.09. The van der Waals surface area contributed by atoms with Crippen LogP contribution in [-0.4, -0.2) is 24.3 Å².